The second kappa shape index (κ2) is 5.68. The number of carbonyl (C=O) groups is 1. The molecule has 4 heteroatoms. The van der Waals surface area contributed by atoms with Gasteiger partial charge in [-0.05, 0) is 31.5 Å². The summed E-state index contributed by atoms with van der Waals surface area (Å²) in [4.78, 5) is 13.7. The lowest BCUT2D eigenvalue weighted by atomic mass is 10.2. The predicted molar refractivity (Wildman–Crippen MR) is 66.3 cm³/mol. The molecule has 1 amide bonds. The molecule has 2 rings (SSSR count). The Labute approximate surface area is 102 Å². The summed E-state index contributed by atoms with van der Waals surface area (Å²) in [5, 5.41) is 3.26. The van der Waals surface area contributed by atoms with Crippen LogP contribution < -0.4 is 10.1 Å². The average Bonchev–Trinajstić information content (AvgIpc) is 2.61. The molecule has 1 fully saturated rings. The Balaban J connectivity index is 1.98. The van der Waals surface area contributed by atoms with Gasteiger partial charge in [-0.3, -0.25) is 0 Å². The normalized spacial score (nSPS) is 16.4. The van der Waals surface area contributed by atoms with Crippen molar-refractivity contribution in [3.05, 3.63) is 29.8 Å². The predicted octanol–water partition coefficient (Wildman–Crippen LogP) is 1.79. The fourth-order valence-electron chi connectivity index (χ4n) is 1.86. The van der Waals surface area contributed by atoms with Crippen LogP contribution in [-0.2, 0) is 0 Å². The van der Waals surface area contributed by atoms with Gasteiger partial charge in [0.25, 0.3) is 0 Å². The highest BCUT2D eigenvalue weighted by Crippen LogP contribution is 2.17. The topological polar surface area (TPSA) is 41.6 Å². The fraction of sp³-hybridized carbons (Fsp3) is 0.462. The van der Waals surface area contributed by atoms with Gasteiger partial charge < -0.3 is 15.0 Å². The van der Waals surface area contributed by atoms with E-state index in [1.54, 1.807) is 4.90 Å². The van der Waals surface area contributed by atoms with E-state index in [1.165, 1.54) is 0 Å². The van der Waals surface area contributed by atoms with E-state index >= 15 is 0 Å². The Kier molecular flexibility index (Phi) is 3.98. The molecule has 1 saturated heterocycles. The Morgan fingerprint density at radius 2 is 2.12 bits per heavy atom. The number of benzene rings is 1. The summed E-state index contributed by atoms with van der Waals surface area (Å²) in [6, 6.07) is 7.57. The summed E-state index contributed by atoms with van der Waals surface area (Å²) in [6.07, 6.45) is 0.728. The molecule has 1 aliphatic rings. The maximum absolute atomic E-state index is 11.9. The summed E-state index contributed by atoms with van der Waals surface area (Å²) < 4.78 is 5.40. The number of rotatable bonds is 1. The van der Waals surface area contributed by atoms with E-state index in [0.29, 0.717) is 12.3 Å². The van der Waals surface area contributed by atoms with Crippen molar-refractivity contribution in [2.24, 2.45) is 0 Å². The maximum Gasteiger partial charge on any atom is 0.415 e. The number of aryl methyl sites for hydroxylation is 1. The van der Waals surface area contributed by atoms with Gasteiger partial charge in [0.15, 0.2) is 0 Å². The first-order valence-corrected chi connectivity index (χ1v) is 6.00. The van der Waals surface area contributed by atoms with E-state index in [2.05, 4.69) is 5.32 Å². The van der Waals surface area contributed by atoms with Crippen LogP contribution in [0.3, 0.4) is 0 Å². The zero-order valence-corrected chi connectivity index (χ0v) is 10.1. The lowest BCUT2D eigenvalue weighted by Crippen LogP contribution is -2.36. The molecular weight excluding hydrogens is 216 g/mol. The number of amides is 1. The number of para-hydroxylation sites is 1. The standard InChI is InChI=1S/C13H18N2O2/c1-11-5-2-3-6-12(11)17-13(16)15-9-4-7-14-8-10-15/h2-3,5-6,14H,4,7-10H2,1H3. The van der Waals surface area contributed by atoms with Crippen molar-refractivity contribution < 1.29 is 9.53 Å². The van der Waals surface area contributed by atoms with Crippen molar-refractivity contribution in [3.63, 3.8) is 0 Å². The first-order chi connectivity index (χ1) is 8.27. The SMILES string of the molecule is Cc1ccccc1OC(=O)N1CCCNCC1. The minimum atomic E-state index is -0.247. The molecule has 0 saturated carbocycles. The van der Waals surface area contributed by atoms with Gasteiger partial charge in [-0.25, -0.2) is 4.79 Å². The molecule has 0 aromatic heterocycles. The van der Waals surface area contributed by atoms with Gasteiger partial charge in [-0.1, -0.05) is 18.2 Å². The minimum absolute atomic E-state index is 0.247. The molecule has 0 radical (unpaired) electrons. The molecule has 0 bridgehead atoms. The van der Waals surface area contributed by atoms with Gasteiger partial charge in [-0.15, -0.1) is 0 Å². The van der Waals surface area contributed by atoms with E-state index in [9.17, 15) is 4.79 Å². The Morgan fingerprint density at radius 1 is 1.29 bits per heavy atom. The molecule has 1 aliphatic heterocycles. The van der Waals surface area contributed by atoms with Gasteiger partial charge in [0.2, 0.25) is 0 Å². The third-order valence-corrected chi connectivity index (χ3v) is 2.89. The first kappa shape index (κ1) is 11.9. The number of carbonyl (C=O) groups excluding carboxylic acids is 1. The Hall–Kier alpha value is -1.55. The molecule has 1 aromatic carbocycles. The maximum atomic E-state index is 11.9. The van der Waals surface area contributed by atoms with E-state index in [1.807, 2.05) is 31.2 Å². The van der Waals surface area contributed by atoms with Crippen molar-refractivity contribution in [2.45, 2.75) is 13.3 Å². The number of hydrogen-bond donors (Lipinski definition) is 1. The average molecular weight is 234 g/mol. The van der Waals surface area contributed by atoms with Crippen LogP contribution in [0.2, 0.25) is 0 Å². The lowest BCUT2D eigenvalue weighted by Gasteiger charge is -2.19. The van der Waals surface area contributed by atoms with Crippen molar-refractivity contribution in [1.29, 1.82) is 0 Å². The molecule has 1 aromatic rings. The molecule has 0 atom stereocenters. The molecule has 17 heavy (non-hydrogen) atoms. The number of nitrogens with one attached hydrogen (secondary N) is 1. The molecule has 0 unspecified atom stereocenters. The first-order valence-electron chi connectivity index (χ1n) is 6.00. The second-order valence-electron chi connectivity index (χ2n) is 4.22. The van der Waals surface area contributed by atoms with Gasteiger partial charge in [0, 0.05) is 19.6 Å². The zero-order chi connectivity index (χ0) is 12.1. The summed E-state index contributed by atoms with van der Waals surface area (Å²) in [6.45, 7) is 5.21. The number of nitrogens with zero attached hydrogens (tertiary/aromatic N) is 1. The van der Waals surface area contributed by atoms with Crippen molar-refractivity contribution in [2.75, 3.05) is 26.2 Å². The van der Waals surface area contributed by atoms with Gasteiger partial charge in [-0.2, -0.15) is 0 Å². The zero-order valence-electron chi connectivity index (χ0n) is 10.1. The van der Waals surface area contributed by atoms with E-state index in [-0.39, 0.29) is 6.09 Å². The highest BCUT2D eigenvalue weighted by molar-refractivity contribution is 5.71. The van der Waals surface area contributed by atoms with Crippen LogP contribution in [-0.4, -0.2) is 37.2 Å². The van der Waals surface area contributed by atoms with E-state index in [4.69, 9.17) is 4.74 Å². The van der Waals surface area contributed by atoms with Crippen molar-refractivity contribution in [1.82, 2.24) is 10.2 Å². The quantitative estimate of drug-likeness (QED) is 0.805. The molecular formula is C13H18N2O2. The third kappa shape index (κ3) is 3.20. The molecule has 1 N–H and O–H groups in total. The van der Waals surface area contributed by atoms with Crippen molar-refractivity contribution >= 4 is 6.09 Å². The van der Waals surface area contributed by atoms with Crippen LogP contribution in [0.15, 0.2) is 24.3 Å². The van der Waals surface area contributed by atoms with Gasteiger partial charge in [0.05, 0.1) is 0 Å². The summed E-state index contributed by atoms with van der Waals surface area (Å²) in [5.41, 5.74) is 0.980. The number of ether oxygens (including phenoxy) is 1. The largest absolute Gasteiger partial charge is 0.415 e. The Bertz CT molecular complexity index is 385. The van der Waals surface area contributed by atoms with Crippen LogP contribution >= 0.6 is 0 Å². The Morgan fingerprint density at radius 3 is 2.94 bits per heavy atom. The van der Waals surface area contributed by atoms with Crippen molar-refractivity contribution in [3.8, 4) is 5.75 Å². The van der Waals surface area contributed by atoms with Gasteiger partial charge >= 0.3 is 6.09 Å². The molecule has 0 spiro atoms. The fourth-order valence-corrected chi connectivity index (χ4v) is 1.86. The monoisotopic (exact) mass is 234 g/mol. The number of hydrogen-bond acceptors (Lipinski definition) is 3. The van der Waals surface area contributed by atoms with Crippen LogP contribution in [0, 0.1) is 6.92 Å². The molecule has 0 aliphatic carbocycles. The van der Waals surface area contributed by atoms with Crippen LogP contribution in [0.25, 0.3) is 0 Å². The summed E-state index contributed by atoms with van der Waals surface area (Å²) in [7, 11) is 0. The van der Waals surface area contributed by atoms with Crippen LogP contribution in [0.1, 0.15) is 12.0 Å². The smallest absolute Gasteiger partial charge is 0.410 e. The van der Waals surface area contributed by atoms with Crippen LogP contribution in [0.4, 0.5) is 4.79 Å². The summed E-state index contributed by atoms with van der Waals surface area (Å²) in [5.74, 6) is 0.648. The summed E-state index contributed by atoms with van der Waals surface area (Å²) >= 11 is 0. The highest BCUT2D eigenvalue weighted by Gasteiger charge is 2.17. The van der Waals surface area contributed by atoms with Gasteiger partial charge in [0.1, 0.15) is 5.75 Å². The van der Waals surface area contributed by atoms with Crippen LogP contribution in [0.5, 0.6) is 5.75 Å². The molecule has 92 valence electrons. The molecule has 1 heterocycles. The third-order valence-electron chi connectivity index (χ3n) is 2.89. The molecule has 4 nitrogen and oxygen atoms in total. The van der Waals surface area contributed by atoms with E-state index < -0.39 is 0 Å². The van der Waals surface area contributed by atoms with E-state index in [0.717, 1.165) is 31.6 Å². The highest BCUT2D eigenvalue weighted by atomic mass is 16.6. The minimum Gasteiger partial charge on any atom is -0.410 e. The second-order valence-corrected chi connectivity index (χ2v) is 4.22. The lowest BCUT2D eigenvalue weighted by molar-refractivity contribution is 0.155.